The summed E-state index contributed by atoms with van der Waals surface area (Å²) in [5, 5.41) is 2.66. The van der Waals surface area contributed by atoms with E-state index in [4.69, 9.17) is 4.42 Å². The summed E-state index contributed by atoms with van der Waals surface area (Å²) in [6.07, 6.45) is 5.10. The predicted molar refractivity (Wildman–Crippen MR) is 104 cm³/mol. The van der Waals surface area contributed by atoms with Crippen molar-refractivity contribution in [2.45, 2.75) is 37.5 Å². The standard InChI is InChI=1S/C19H23N3O4S/c1-14-10-12-26-18(14)19(23)20-15-7-6-8-16(13-15)27(24,25)21-17-9-4-3-5-11-22(17)2/h6-8,10,12-13H,3-5,9,11H2,1-2H3,(H,20,23). The Morgan fingerprint density at radius 2 is 2.04 bits per heavy atom. The van der Waals surface area contributed by atoms with Crippen LogP contribution in [0.25, 0.3) is 0 Å². The fourth-order valence-corrected chi connectivity index (χ4v) is 4.10. The van der Waals surface area contributed by atoms with Crippen LogP contribution in [0.15, 0.2) is 50.3 Å². The normalized spacial score (nSPS) is 17.0. The van der Waals surface area contributed by atoms with E-state index in [1.54, 1.807) is 25.1 Å². The van der Waals surface area contributed by atoms with E-state index in [1.165, 1.54) is 18.4 Å². The molecule has 1 aliphatic rings. The Morgan fingerprint density at radius 1 is 1.22 bits per heavy atom. The van der Waals surface area contributed by atoms with Gasteiger partial charge < -0.3 is 14.6 Å². The summed E-state index contributed by atoms with van der Waals surface area (Å²) >= 11 is 0. The van der Waals surface area contributed by atoms with Gasteiger partial charge in [-0.05, 0) is 44.0 Å². The highest BCUT2D eigenvalue weighted by atomic mass is 32.2. The Kier molecular flexibility index (Phi) is 5.65. The maximum Gasteiger partial charge on any atom is 0.291 e. The van der Waals surface area contributed by atoms with Gasteiger partial charge in [0.05, 0.1) is 11.2 Å². The first-order valence-corrected chi connectivity index (χ1v) is 10.3. The maximum atomic E-state index is 12.7. The number of benzene rings is 1. The molecule has 0 bridgehead atoms. The number of amidine groups is 1. The molecule has 144 valence electrons. The Bertz CT molecular complexity index is 963. The third kappa shape index (κ3) is 4.57. The molecule has 3 rings (SSSR count). The van der Waals surface area contributed by atoms with Gasteiger partial charge in [-0.3, -0.25) is 4.79 Å². The number of anilines is 1. The Balaban J connectivity index is 1.83. The Hall–Kier alpha value is -2.61. The smallest absolute Gasteiger partial charge is 0.291 e. The van der Waals surface area contributed by atoms with Crippen molar-refractivity contribution < 1.29 is 17.6 Å². The highest BCUT2D eigenvalue weighted by Gasteiger charge is 2.19. The van der Waals surface area contributed by atoms with Gasteiger partial charge in [-0.25, -0.2) is 0 Å². The second-order valence-electron chi connectivity index (χ2n) is 6.63. The summed E-state index contributed by atoms with van der Waals surface area (Å²) < 4.78 is 34.7. The van der Waals surface area contributed by atoms with Crippen molar-refractivity contribution in [3.8, 4) is 0 Å². The molecule has 1 aliphatic heterocycles. The molecule has 7 nitrogen and oxygen atoms in total. The molecule has 1 amide bonds. The number of hydrogen-bond acceptors (Lipinski definition) is 4. The van der Waals surface area contributed by atoms with Crippen LogP contribution in [0, 0.1) is 6.92 Å². The predicted octanol–water partition coefficient (Wildman–Crippen LogP) is 3.43. The summed E-state index contributed by atoms with van der Waals surface area (Å²) in [5.74, 6) is 0.346. The summed E-state index contributed by atoms with van der Waals surface area (Å²) in [5.41, 5.74) is 1.07. The number of carbonyl (C=O) groups is 1. The lowest BCUT2D eigenvalue weighted by atomic mass is 10.2. The maximum absolute atomic E-state index is 12.7. The first kappa shape index (κ1) is 19.2. The Morgan fingerprint density at radius 3 is 2.78 bits per heavy atom. The van der Waals surface area contributed by atoms with E-state index in [9.17, 15) is 13.2 Å². The fraction of sp³-hybridized carbons (Fsp3) is 0.368. The van der Waals surface area contributed by atoms with Crippen molar-refractivity contribution in [2.24, 2.45) is 4.40 Å². The van der Waals surface area contributed by atoms with Crippen LogP contribution in [0.5, 0.6) is 0 Å². The molecule has 0 unspecified atom stereocenters. The van der Waals surface area contributed by atoms with Crippen molar-refractivity contribution in [1.82, 2.24) is 4.90 Å². The van der Waals surface area contributed by atoms with Gasteiger partial charge in [0, 0.05) is 31.3 Å². The quantitative estimate of drug-likeness (QED) is 0.865. The zero-order valence-electron chi connectivity index (χ0n) is 15.4. The molecule has 1 saturated heterocycles. The number of aryl methyl sites for hydroxylation is 1. The zero-order valence-corrected chi connectivity index (χ0v) is 16.3. The summed E-state index contributed by atoms with van der Waals surface area (Å²) in [7, 11) is -1.99. The van der Waals surface area contributed by atoms with E-state index in [0.717, 1.165) is 25.8 Å². The molecule has 1 fully saturated rings. The zero-order chi connectivity index (χ0) is 19.4. The summed E-state index contributed by atoms with van der Waals surface area (Å²) in [6, 6.07) is 7.78. The minimum atomic E-state index is -3.86. The largest absolute Gasteiger partial charge is 0.459 e. The van der Waals surface area contributed by atoms with Gasteiger partial charge in [0.25, 0.3) is 15.9 Å². The van der Waals surface area contributed by atoms with E-state index in [1.807, 2.05) is 11.9 Å². The van der Waals surface area contributed by atoms with Crippen molar-refractivity contribution in [3.05, 3.63) is 47.9 Å². The summed E-state index contributed by atoms with van der Waals surface area (Å²) in [6.45, 7) is 2.56. The highest BCUT2D eigenvalue weighted by Crippen LogP contribution is 2.21. The number of hydrogen-bond donors (Lipinski definition) is 1. The van der Waals surface area contributed by atoms with Crippen molar-refractivity contribution >= 4 is 27.5 Å². The minimum absolute atomic E-state index is 0.0432. The van der Waals surface area contributed by atoms with Crippen molar-refractivity contribution in [2.75, 3.05) is 18.9 Å². The number of carbonyl (C=O) groups excluding carboxylic acids is 1. The van der Waals surface area contributed by atoms with E-state index in [0.29, 0.717) is 23.5 Å². The van der Waals surface area contributed by atoms with Crippen LogP contribution < -0.4 is 5.32 Å². The van der Waals surface area contributed by atoms with Crippen LogP contribution in [0.4, 0.5) is 5.69 Å². The first-order valence-electron chi connectivity index (χ1n) is 8.87. The fourth-order valence-electron chi connectivity index (χ4n) is 2.96. The van der Waals surface area contributed by atoms with Gasteiger partial charge >= 0.3 is 0 Å². The second-order valence-corrected chi connectivity index (χ2v) is 8.23. The van der Waals surface area contributed by atoms with E-state index >= 15 is 0 Å². The van der Waals surface area contributed by atoms with Crippen LogP contribution in [-0.2, 0) is 10.0 Å². The molecule has 1 aromatic carbocycles. The molecule has 2 aromatic rings. The molecule has 27 heavy (non-hydrogen) atoms. The molecule has 0 spiro atoms. The Labute approximate surface area is 159 Å². The van der Waals surface area contributed by atoms with Gasteiger partial charge in [-0.2, -0.15) is 8.42 Å². The number of nitrogens with zero attached hydrogens (tertiary/aromatic N) is 2. The van der Waals surface area contributed by atoms with E-state index < -0.39 is 15.9 Å². The molecule has 0 radical (unpaired) electrons. The second kappa shape index (κ2) is 7.96. The minimum Gasteiger partial charge on any atom is -0.459 e. The molecule has 2 heterocycles. The molecule has 1 aromatic heterocycles. The molecular weight excluding hydrogens is 366 g/mol. The van der Waals surface area contributed by atoms with E-state index in [-0.39, 0.29) is 10.7 Å². The lowest BCUT2D eigenvalue weighted by Crippen LogP contribution is -2.26. The molecule has 8 heteroatoms. The van der Waals surface area contributed by atoms with Gasteiger partial charge in [0.1, 0.15) is 5.84 Å². The number of rotatable bonds is 4. The van der Waals surface area contributed by atoms with Crippen LogP contribution >= 0.6 is 0 Å². The number of furan rings is 1. The third-order valence-electron chi connectivity index (χ3n) is 4.52. The van der Waals surface area contributed by atoms with Crippen LogP contribution in [0.1, 0.15) is 41.8 Å². The number of sulfonamides is 1. The average Bonchev–Trinajstić information content (AvgIpc) is 2.96. The highest BCUT2D eigenvalue weighted by molar-refractivity contribution is 7.90. The number of amides is 1. The molecule has 1 N–H and O–H groups in total. The van der Waals surface area contributed by atoms with Crippen molar-refractivity contribution in [1.29, 1.82) is 0 Å². The lowest BCUT2D eigenvalue weighted by Gasteiger charge is -2.17. The molecular formula is C19H23N3O4S. The first-order chi connectivity index (χ1) is 12.9. The van der Waals surface area contributed by atoms with Crippen molar-refractivity contribution in [3.63, 3.8) is 0 Å². The topological polar surface area (TPSA) is 92.0 Å². The van der Waals surface area contributed by atoms with Gasteiger partial charge in [-0.1, -0.05) is 12.5 Å². The van der Waals surface area contributed by atoms with E-state index in [2.05, 4.69) is 9.71 Å². The molecule has 0 aliphatic carbocycles. The van der Waals surface area contributed by atoms with Gasteiger partial charge in [-0.15, -0.1) is 4.40 Å². The molecule has 0 saturated carbocycles. The monoisotopic (exact) mass is 389 g/mol. The summed E-state index contributed by atoms with van der Waals surface area (Å²) in [4.78, 5) is 14.2. The average molecular weight is 389 g/mol. The van der Waals surface area contributed by atoms with Gasteiger partial charge in [0.2, 0.25) is 0 Å². The third-order valence-corrected chi connectivity index (χ3v) is 5.82. The van der Waals surface area contributed by atoms with Gasteiger partial charge in [0.15, 0.2) is 5.76 Å². The van der Waals surface area contributed by atoms with Crippen LogP contribution in [0.3, 0.4) is 0 Å². The van der Waals surface area contributed by atoms with Crippen LogP contribution in [0.2, 0.25) is 0 Å². The number of nitrogens with one attached hydrogen (secondary N) is 1. The number of likely N-dealkylation sites (tertiary alicyclic amines) is 1. The molecule has 0 atom stereocenters. The lowest BCUT2D eigenvalue weighted by molar-refractivity contribution is 0.0996. The van der Waals surface area contributed by atoms with Crippen LogP contribution in [-0.4, -0.2) is 38.7 Å². The SMILES string of the molecule is Cc1ccoc1C(=O)Nc1cccc(S(=O)(=O)N=C2CCCCCN2C)c1.